The zero-order valence-corrected chi connectivity index (χ0v) is 13.3. The molecule has 0 saturated carbocycles. The molecule has 1 aliphatic heterocycles. The minimum atomic E-state index is -0.370. The van der Waals surface area contributed by atoms with E-state index in [1.807, 2.05) is 19.1 Å². The first-order valence-corrected chi connectivity index (χ1v) is 7.71. The highest BCUT2D eigenvalue weighted by atomic mass is 16.1. The average Bonchev–Trinajstić information content (AvgIpc) is 2.47. The van der Waals surface area contributed by atoms with Crippen LogP contribution in [0.4, 0.5) is 11.4 Å². The molecule has 0 atom stereocenters. The number of likely N-dealkylation sites (N-methyl/N-ethyl adjacent to an activating group) is 1. The van der Waals surface area contributed by atoms with E-state index in [1.165, 1.54) is 11.3 Å². The fourth-order valence-electron chi connectivity index (χ4n) is 2.92. The summed E-state index contributed by atoms with van der Waals surface area (Å²) in [6, 6.07) is 3.90. The van der Waals surface area contributed by atoms with E-state index in [9.17, 15) is 4.79 Å². The number of nitrogens with two attached hydrogens (primary N) is 1. The van der Waals surface area contributed by atoms with Gasteiger partial charge in [0.25, 0.3) is 5.91 Å². The van der Waals surface area contributed by atoms with Crippen LogP contribution in [0.3, 0.4) is 0 Å². The number of rotatable bonds is 5. The van der Waals surface area contributed by atoms with E-state index < -0.39 is 0 Å². The highest BCUT2D eigenvalue weighted by Crippen LogP contribution is 2.32. The average molecular weight is 290 g/mol. The quantitative estimate of drug-likeness (QED) is 0.863. The molecule has 1 aliphatic rings. The topological polar surface area (TPSA) is 61.6 Å². The second-order valence-electron chi connectivity index (χ2n) is 5.52. The highest BCUT2D eigenvalue weighted by molar-refractivity contribution is 6.00. The van der Waals surface area contributed by atoms with Gasteiger partial charge in [0.15, 0.2) is 0 Å². The maximum absolute atomic E-state index is 11.7. The molecular weight excluding hydrogens is 264 g/mol. The number of primary amides is 1. The van der Waals surface area contributed by atoms with Crippen LogP contribution in [-0.4, -0.2) is 50.6 Å². The summed E-state index contributed by atoms with van der Waals surface area (Å²) in [4.78, 5) is 16.4. The molecule has 0 unspecified atom stereocenters. The van der Waals surface area contributed by atoms with Crippen molar-refractivity contribution in [3.63, 3.8) is 0 Å². The number of piperazine rings is 1. The van der Waals surface area contributed by atoms with Crippen LogP contribution in [0, 0.1) is 0 Å². The van der Waals surface area contributed by atoms with Crippen molar-refractivity contribution in [3.8, 4) is 0 Å². The third-order valence-electron chi connectivity index (χ3n) is 4.10. The van der Waals surface area contributed by atoms with Crippen molar-refractivity contribution in [2.75, 3.05) is 50.0 Å². The van der Waals surface area contributed by atoms with Gasteiger partial charge in [0.05, 0.1) is 11.3 Å². The molecule has 21 heavy (non-hydrogen) atoms. The Hall–Kier alpha value is -1.75. The largest absolute Gasteiger partial charge is 0.384 e. The molecule has 0 aliphatic carbocycles. The van der Waals surface area contributed by atoms with Gasteiger partial charge in [0.2, 0.25) is 0 Å². The zero-order valence-electron chi connectivity index (χ0n) is 13.3. The maximum atomic E-state index is 11.7. The Kier molecular flexibility index (Phi) is 5.07. The molecule has 1 aromatic rings. The van der Waals surface area contributed by atoms with Gasteiger partial charge in [0.1, 0.15) is 0 Å². The Bertz CT molecular complexity index is 507. The molecule has 1 saturated heterocycles. The number of carbonyl (C=O) groups is 1. The van der Waals surface area contributed by atoms with Gasteiger partial charge in [-0.2, -0.15) is 0 Å². The highest BCUT2D eigenvalue weighted by Gasteiger charge is 2.21. The monoisotopic (exact) mass is 290 g/mol. The van der Waals surface area contributed by atoms with Crippen LogP contribution >= 0.6 is 0 Å². The van der Waals surface area contributed by atoms with Crippen LogP contribution in [0.15, 0.2) is 12.1 Å². The van der Waals surface area contributed by atoms with Crippen molar-refractivity contribution in [2.24, 2.45) is 5.73 Å². The number of nitrogens with zero attached hydrogens (tertiary/aromatic N) is 2. The van der Waals surface area contributed by atoms with Crippen LogP contribution in [0.25, 0.3) is 0 Å². The lowest BCUT2D eigenvalue weighted by Crippen LogP contribution is -2.44. The van der Waals surface area contributed by atoms with Gasteiger partial charge in [-0.25, -0.2) is 0 Å². The molecule has 1 aromatic carbocycles. The third-order valence-corrected chi connectivity index (χ3v) is 4.10. The summed E-state index contributed by atoms with van der Waals surface area (Å²) in [5, 5.41) is 3.33. The van der Waals surface area contributed by atoms with E-state index in [-0.39, 0.29) is 5.91 Å². The summed E-state index contributed by atoms with van der Waals surface area (Å²) < 4.78 is 0. The van der Waals surface area contributed by atoms with Crippen molar-refractivity contribution >= 4 is 17.3 Å². The number of anilines is 2. The van der Waals surface area contributed by atoms with Gasteiger partial charge >= 0.3 is 0 Å². The van der Waals surface area contributed by atoms with Gasteiger partial charge in [0, 0.05) is 38.4 Å². The summed E-state index contributed by atoms with van der Waals surface area (Å²) in [6.07, 6.45) is 0.880. The lowest BCUT2D eigenvalue weighted by Gasteiger charge is -2.36. The standard InChI is InChI=1S/C16H26N4O/c1-4-12-14(20-10-8-19(3)9-11-20)7-6-13(16(17)21)15(12)18-5-2/h6-7,18H,4-5,8-11H2,1-3H3,(H2,17,21). The minimum Gasteiger partial charge on any atom is -0.384 e. The molecule has 5 nitrogen and oxygen atoms in total. The summed E-state index contributed by atoms with van der Waals surface area (Å²) >= 11 is 0. The van der Waals surface area contributed by atoms with Crippen LogP contribution in [0.1, 0.15) is 29.8 Å². The Labute approximate surface area is 127 Å². The van der Waals surface area contributed by atoms with E-state index in [0.717, 1.165) is 44.8 Å². The van der Waals surface area contributed by atoms with E-state index in [2.05, 4.69) is 29.1 Å². The SMILES string of the molecule is CCNc1c(C(N)=O)ccc(N2CCN(C)CC2)c1CC. The van der Waals surface area contributed by atoms with Crippen molar-refractivity contribution in [1.82, 2.24) is 4.90 Å². The molecular formula is C16H26N4O. The zero-order chi connectivity index (χ0) is 15.4. The first-order valence-electron chi connectivity index (χ1n) is 7.71. The van der Waals surface area contributed by atoms with E-state index in [4.69, 9.17) is 5.73 Å². The summed E-state index contributed by atoms with van der Waals surface area (Å²) in [5.41, 5.74) is 9.43. The summed E-state index contributed by atoms with van der Waals surface area (Å²) in [6.45, 7) is 9.11. The first-order chi connectivity index (χ1) is 10.1. The van der Waals surface area contributed by atoms with Gasteiger partial charge in [-0.05, 0) is 38.1 Å². The fraction of sp³-hybridized carbons (Fsp3) is 0.562. The lowest BCUT2D eigenvalue weighted by atomic mass is 10.0. The normalized spacial score (nSPS) is 16.0. The van der Waals surface area contributed by atoms with Crippen LogP contribution in [-0.2, 0) is 6.42 Å². The minimum absolute atomic E-state index is 0.370. The molecule has 1 heterocycles. The molecule has 116 valence electrons. The molecule has 2 rings (SSSR count). The lowest BCUT2D eigenvalue weighted by molar-refractivity contribution is 0.100. The second-order valence-corrected chi connectivity index (χ2v) is 5.52. The Morgan fingerprint density at radius 1 is 1.24 bits per heavy atom. The predicted octanol–water partition coefficient (Wildman–Crippen LogP) is 1.53. The van der Waals surface area contributed by atoms with E-state index in [0.29, 0.717) is 5.56 Å². The molecule has 5 heteroatoms. The smallest absolute Gasteiger partial charge is 0.250 e. The van der Waals surface area contributed by atoms with Gasteiger partial charge in [-0.3, -0.25) is 4.79 Å². The number of hydrogen-bond donors (Lipinski definition) is 2. The summed E-state index contributed by atoms with van der Waals surface area (Å²) in [7, 11) is 2.15. The van der Waals surface area contributed by atoms with Gasteiger partial charge < -0.3 is 20.9 Å². The van der Waals surface area contributed by atoms with Crippen molar-refractivity contribution in [2.45, 2.75) is 20.3 Å². The molecule has 0 bridgehead atoms. The number of hydrogen-bond acceptors (Lipinski definition) is 4. The summed E-state index contributed by atoms with van der Waals surface area (Å²) in [5.74, 6) is -0.370. The number of nitrogens with one attached hydrogen (secondary N) is 1. The number of carbonyl (C=O) groups excluding carboxylic acids is 1. The van der Waals surface area contributed by atoms with Crippen molar-refractivity contribution < 1.29 is 4.79 Å². The van der Waals surface area contributed by atoms with Gasteiger partial charge in [-0.15, -0.1) is 0 Å². The molecule has 1 fully saturated rings. The van der Waals surface area contributed by atoms with Crippen LogP contribution in [0.2, 0.25) is 0 Å². The Morgan fingerprint density at radius 2 is 1.90 bits per heavy atom. The number of benzene rings is 1. The Morgan fingerprint density at radius 3 is 2.43 bits per heavy atom. The van der Waals surface area contributed by atoms with Gasteiger partial charge in [-0.1, -0.05) is 6.92 Å². The second kappa shape index (κ2) is 6.80. The van der Waals surface area contributed by atoms with E-state index >= 15 is 0 Å². The first kappa shape index (κ1) is 15.6. The number of amides is 1. The third kappa shape index (κ3) is 3.29. The Balaban J connectivity index is 2.42. The maximum Gasteiger partial charge on any atom is 0.250 e. The van der Waals surface area contributed by atoms with Crippen molar-refractivity contribution in [1.29, 1.82) is 0 Å². The molecule has 0 spiro atoms. The van der Waals surface area contributed by atoms with Crippen LogP contribution < -0.4 is 16.0 Å². The van der Waals surface area contributed by atoms with E-state index in [1.54, 1.807) is 0 Å². The molecule has 1 amide bonds. The van der Waals surface area contributed by atoms with Crippen LogP contribution in [0.5, 0.6) is 0 Å². The predicted molar refractivity (Wildman–Crippen MR) is 88.2 cm³/mol. The fourth-order valence-corrected chi connectivity index (χ4v) is 2.92. The molecule has 3 N–H and O–H groups in total. The molecule has 0 radical (unpaired) electrons. The van der Waals surface area contributed by atoms with Crippen molar-refractivity contribution in [3.05, 3.63) is 23.3 Å². The molecule has 0 aromatic heterocycles.